The van der Waals surface area contributed by atoms with Crippen LogP contribution in [0.15, 0.2) is 46.9 Å². The van der Waals surface area contributed by atoms with Crippen molar-refractivity contribution in [2.75, 3.05) is 36.2 Å². The predicted molar refractivity (Wildman–Crippen MR) is 101 cm³/mol. The second-order valence-electron chi connectivity index (χ2n) is 5.63. The van der Waals surface area contributed by atoms with Gasteiger partial charge in [0.25, 0.3) is 0 Å². The van der Waals surface area contributed by atoms with Crippen molar-refractivity contribution >= 4 is 38.9 Å². The van der Waals surface area contributed by atoms with Gasteiger partial charge in [0.05, 0.1) is 0 Å². The Labute approximate surface area is 146 Å². The van der Waals surface area contributed by atoms with E-state index in [1.807, 2.05) is 62.3 Å². The van der Waals surface area contributed by atoms with Crippen LogP contribution in [0.2, 0.25) is 0 Å². The molecule has 0 spiro atoms. The van der Waals surface area contributed by atoms with E-state index in [2.05, 4.69) is 32.6 Å². The van der Waals surface area contributed by atoms with Crippen molar-refractivity contribution in [3.05, 3.63) is 52.5 Å². The first kappa shape index (κ1) is 17.3. The maximum Gasteiger partial charge on any atom is 0.226 e. The Morgan fingerprint density at radius 1 is 1.09 bits per heavy atom. The molecular formula is C18H22BrN3O. The summed E-state index contributed by atoms with van der Waals surface area (Å²) in [5.74, 6) is 0.00365. The quantitative estimate of drug-likeness (QED) is 0.792. The van der Waals surface area contributed by atoms with Gasteiger partial charge in [-0.3, -0.25) is 4.79 Å². The van der Waals surface area contributed by atoms with Crippen LogP contribution in [0.25, 0.3) is 0 Å². The maximum absolute atomic E-state index is 12.0. The Hall–Kier alpha value is -2.01. The minimum atomic E-state index is 0.00365. The van der Waals surface area contributed by atoms with Gasteiger partial charge in [-0.1, -0.05) is 15.9 Å². The van der Waals surface area contributed by atoms with Crippen molar-refractivity contribution in [2.24, 2.45) is 0 Å². The van der Waals surface area contributed by atoms with Gasteiger partial charge in [-0.05, 0) is 55.0 Å². The summed E-state index contributed by atoms with van der Waals surface area (Å²) in [4.78, 5) is 14.0. The molecule has 0 aliphatic heterocycles. The maximum atomic E-state index is 12.0. The van der Waals surface area contributed by atoms with Crippen molar-refractivity contribution in [1.29, 1.82) is 0 Å². The highest BCUT2D eigenvalue weighted by atomic mass is 79.9. The second kappa shape index (κ2) is 8.02. The van der Waals surface area contributed by atoms with Crippen LogP contribution in [0.5, 0.6) is 0 Å². The first-order chi connectivity index (χ1) is 11.0. The lowest BCUT2D eigenvalue weighted by Crippen LogP contribution is -2.16. The predicted octanol–water partition coefficient (Wildman–Crippen LogP) is 4.26. The van der Waals surface area contributed by atoms with E-state index < -0.39 is 0 Å². The van der Waals surface area contributed by atoms with Gasteiger partial charge in [-0.25, -0.2) is 0 Å². The van der Waals surface area contributed by atoms with Crippen LogP contribution in [-0.4, -0.2) is 26.5 Å². The second-order valence-corrected chi connectivity index (χ2v) is 6.48. The average molecular weight is 376 g/mol. The zero-order valence-electron chi connectivity index (χ0n) is 13.7. The monoisotopic (exact) mass is 375 g/mol. The van der Waals surface area contributed by atoms with Crippen molar-refractivity contribution in [3.8, 4) is 0 Å². The summed E-state index contributed by atoms with van der Waals surface area (Å²) in [6, 6.07) is 13.9. The number of nitrogens with zero attached hydrogens (tertiary/aromatic N) is 1. The van der Waals surface area contributed by atoms with Crippen LogP contribution in [0.3, 0.4) is 0 Å². The molecule has 0 saturated carbocycles. The molecule has 2 aromatic rings. The fraction of sp³-hybridized carbons (Fsp3) is 0.278. The van der Waals surface area contributed by atoms with Crippen LogP contribution in [0.1, 0.15) is 12.0 Å². The Morgan fingerprint density at radius 3 is 2.35 bits per heavy atom. The first-order valence-corrected chi connectivity index (χ1v) is 8.32. The molecule has 0 atom stereocenters. The number of aryl methyl sites for hydroxylation is 1. The number of carbonyl (C=O) groups is 1. The number of carbonyl (C=O) groups excluding carboxylic acids is 1. The molecule has 0 aromatic heterocycles. The lowest BCUT2D eigenvalue weighted by Gasteiger charge is -2.13. The number of nitrogens with one attached hydrogen (secondary N) is 2. The number of anilines is 3. The SMILES string of the molecule is Cc1cc(NCCC(=O)Nc2ccc(N(C)C)cc2)ccc1Br. The zero-order chi connectivity index (χ0) is 16.8. The summed E-state index contributed by atoms with van der Waals surface area (Å²) < 4.78 is 1.09. The Bertz CT molecular complexity index is 668. The van der Waals surface area contributed by atoms with Gasteiger partial charge in [0.1, 0.15) is 0 Å². The fourth-order valence-electron chi connectivity index (χ4n) is 2.14. The van der Waals surface area contributed by atoms with Crippen molar-refractivity contribution in [1.82, 2.24) is 0 Å². The molecule has 2 aromatic carbocycles. The highest BCUT2D eigenvalue weighted by Crippen LogP contribution is 2.20. The smallest absolute Gasteiger partial charge is 0.226 e. The number of hydrogen-bond donors (Lipinski definition) is 2. The Balaban J connectivity index is 1.79. The lowest BCUT2D eigenvalue weighted by atomic mass is 10.2. The molecule has 0 aliphatic rings. The van der Waals surface area contributed by atoms with E-state index in [0.717, 1.165) is 21.5 Å². The molecule has 23 heavy (non-hydrogen) atoms. The van der Waals surface area contributed by atoms with Crippen LogP contribution in [-0.2, 0) is 4.79 Å². The Kier molecular flexibility index (Phi) is 6.04. The highest BCUT2D eigenvalue weighted by molar-refractivity contribution is 9.10. The van der Waals surface area contributed by atoms with Gasteiger partial charge < -0.3 is 15.5 Å². The zero-order valence-corrected chi connectivity index (χ0v) is 15.3. The minimum absolute atomic E-state index is 0.00365. The summed E-state index contributed by atoms with van der Waals surface area (Å²) in [7, 11) is 3.98. The molecule has 0 aliphatic carbocycles. The van der Waals surface area contributed by atoms with Gasteiger partial charge in [0, 0.05) is 48.6 Å². The molecule has 0 saturated heterocycles. The van der Waals surface area contributed by atoms with Crippen molar-refractivity contribution < 1.29 is 4.79 Å². The molecule has 5 heteroatoms. The summed E-state index contributed by atoms with van der Waals surface area (Å²) >= 11 is 3.48. The molecule has 0 fully saturated rings. The third kappa shape index (κ3) is 5.28. The molecular weight excluding hydrogens is 354 g/mol. The Morgan fingerprint density at radius 2 is 1.74 bits per heavy atom. The molecule has 4 nitrogen and oxygen atoms in total. The first-order valence-electron chi connectivity index (χ1n) is 7.53. The molecule has 1 amide bonds. The third-order valence-electron chi connectivity index (χ3n) is 3.51. The fourth-order valence-corrected chi connectivity index (χ4v) is 2.39. The number of halogens is 1. The molecule has 0 unspecified atom stereocenters. The normalized spacial score (nSPS) is 10.3. The average Bonchev–Trinajstić information content (AvgIpc) is 2.51. The molecule has 0 bridgehead atoms. The van der Waals surface area contributed by atoms with Crippen LogP contribution >= 0.6 is 15.9 Å². The number of rotatable bonds is 6. The van der Waals surface area contributed by atoms with Crippen LogP contribution < -0.4 is 15.5 Å². The molecule has 0 radical (unpaired) electrons. The standard InChI is InChI=1S/C18H22BrN3O/c1-13-12-15(6-9-17(13)19)20-11-10-18(23)21-14-4-7-16(8-5-14)22(2)3/h4-9,12,20H,10-11H2,1-3H3,(H,21,23). The van der Waals surface area contributed by atoms with Gasteiger partial charge in [-0.15, -0.1) is 0 Å². The summed E-state index contributed by atoms with van der Waals surface area (Å²) in [6.45, 7) is 2.64. The van der Waals surface area contributed by atoms with Crippen LogP contribution in [0, 0.1) is 6.92 Å². The van der Waals surface area contributed by atoms with Crippen molar-refractivity contribution in [3.63, 3.8) is 0 Å². The summed E-state index contributed by atoms with van der Waals surface area (Å²) in [5.41, 5.74) is 4.12. The number of benzene rings is 2. The molecule has 2 rings (SSSR count). The number of hydrogen-bond acceptors (Lipinski definition) is 3. The lowest BCUT2D eigenvalue weighted by molar-refractivity contribution is -0.115. The molecule has 2 N–H and O–H groups in total. The van der Waals surface area contributed by atoms with E-state index >= 15 is 0 Å². The van der Waals surface area contributed by atoms with Crippen molar-refractivity contribution in [2.45, 2.75) is 13.3 Å². The van der Waals surface area contributed by atoms with Gasteiger partial charge in [0.2, 0.25) is 5.91 Å². The summed E-state index contributed by atoms with van der Waals surface area (Å²) in [6.07, 6.45) is 0.421. The van der Waals surface area contributed by atoms with Gasteiger partial charge in [0.15, 0.2) is 0 Å². The van der Waals surface area contributed by atoms with E-state index in [1.165, 1.54) is 5.56 Å². The molecule has 122 valence electrons. The van der Waals surface area contributed by atoms with Gasteiger partial charge >= 0.3 is 0 Å². The minimum Gasteiger partial charge on any atom is -0.385 e. The number of amides is 1. The largest absolute Gasteiger partial charge is 0.385 e. The van der Waals surface area contributed by atoms with E-state index in [1.54, 1.807) is 0 Å². The van der Waals surface area contributed by atoms with Crippen LogP contribution in [0.4, 0.5) is 17.1 Å². The van der Waals surface area contributed by atoms with E-state index in [9.17, 15) is 4.79 Å². The topological polar surface area (TPSA) is 44.4 Å². The van der Waals surface area contributed by atoms with E-state index in [-0.39, 0.29) is 5.91 Å². The van der Waals surface area contributed by atoms with E-state index in [4.69, 9.17) is 0 Å². The summed E-state index contributed by atoms with van der Waals surface area (Å²) in [5, 5.41) is 6.17. The van der Waals surface area contributed by atoms with E-state index in [0.29, 0.717) is 13.0 Å². The molecule has 0 heterocycles. The highest BCUT2D eigenvalue weighted by Gasteiger charge is 2.03. The third-order valence-corrected chi connectivity index (χ3v) is 4.40. The van der Waals surface area contributed by atoms with Gasteiger partial charge in [-0.2, -0.15) is 0 Å².